The molecule has 0 aliphatic heterocycles. The fourth-order valence-electron chi connectivity index (χ4n) is 2.70. The van der Waals surface area contributed by atoms with Crippen LogP contribution in [0.2, 0.25) is 0 Å². The molecule has 3 N–H and O–H groups in total. The van der Waals surface area contributed by atoms with Crippen molar-refractivity contribution < 1.29 is 27.8 Å². The van der Waals surface area contributed by atoms with Gasteiger partial charge < -0.3 is 14.6 Å². The van der Waals surface area contributed by atoms with Crippen molar-refractivity contribution in [2.24, 2.45) is 0 Å². The number of hydrogen-bond donors (Lipinski definition) is 3. The van der Waals surface area contributed by atoms with Crippen LogP contribution < -0.4 is 4.72 Å². The van der Waals surface area contributed by atoms with E-state index in [1.165, 1.54) is 18.2 Å². The van der Waals surface area contributed by atoms with E-state index in [-0.39, 0.29) is 22.9 Å². The van der Waals surface area contributed by atoms with E-state index in [2.05, 4.69) is 4.72 Å². The molecule has 3 aromatic rings. The van der Waals surface area contributed by atoms with Crippen molar-refractivity contribution in [3.8, 4) is 5.75 Å². The van der Waals surface area contributed by atoms with Gasteiger partial charge in [0.25, 0.3) is 0 Å². The summed E-state index contributed by atoms with van der Waals surface area (Å²) in [5.41, 5.74) is 1.33. The lowest BCUT2D eigenvalue weighted by Crippen LogP contribution is -2.26. The quantitative estimate of drug-likeness (QED) is 0.610. The van der Waals surface area contributed by atoms with Crippen LogP contribution in [-0.2, 0) is 16.4 Å². The number of nitrogens with one attached hydrogen (secondary N) is 1. The summed E-state index contributed by atoms with van der Waals surface area (Å²) in [6, 6.07) is 10.9. The van der Waals surface area contributed by atoms with Gasteiger partial charge in [-0.2, -0.15) is 0 Å². The minimum absolute atomic E-state index is 0.0168. The van der Waals surface area contributed by atoms with Crippen LogP contribution in [0.5, 0.6) is 5.75 Å². The van der Waals surface area contributed by atoms with E-state index in [9.17, 15) is 18.3 Å². The number of para-hydroxylation sites is 1. The van der Waals surface area contributed by atoms with E-state index < -0.39 is 16.0 Å². The Morgan fingerprint density at radius 3 is 2.62 bits per heavy atom. The summed E-state index contributed by atoms with van der Waals surface area (Å²) in [5, 5.41) is 19.3. The number of aromatic hydroxyl groups is 1. The topological polar surface area (TPSA) is 117 Å². The zero-order chi connectivity index (χ0) is 18.9. The number of phenols is 1. The molecule has 1 heterocycles. The Morgan fingerprint density at radius 2 is 1.92 bits per heavy atom. The van der Waals surface area contributed by atoms with Gasteiger partial charge in [-0.25, -0.2) is 17.9 Å². The predicted molar refractivity (Wildman–Crippen MR) is 94.9 cm³/mol. The number of carboxylic acid groups (broad SMARTS) is 1. The normalized spacial score (nSPS) is 11.7. The van der Waals surface area contributed by atoms with Crippen LogP contribution in [0.25, 0.3) is 11.0 Å². The Balaban J connectivity index is 1.81. The molecule has 0 aliphatic rings. The number of phenolic OH excluding ortho intramolecular Hbond substituents is 1. The predicted octanol–water partition coefficient (Wildman–Crippen LogP) is 2.67. The summed E-state index contributed by atoms with van der Waals surface area (Å²) < 4.78 is 32.7. The Morgan fingerprint density at radius 1 is 1.19 bits per heavy atom. The van der Waals surface area contributed by atoms with Gasteiger partial charge in [-0.05, 0) is 43.2 Å². The Bertz CT molecular complexity index is 1080. The Labute approximate surface area is 149 Å². The van der Waals surface area contributed by atoms with Gasteiger partial charge in [0.05, 0.1) is 4.90 Å². The highest BCUT2D eigenvalue weighted by Crippen LogP contribution is 2.27. The number of benzene rings is 2. The monoisotopic (exact) mass is 375 g/mol. The van der Waals surface area contributed by atoms with Crippen LogP contribution >= 0.6 is 0 Å². The molecule has 0 aliphatic carbocycles. The van der Waals surface area contributed by atoms with Crippen molar-refractivity contribution in [1.29, 1.82) is 0 Å². The first-order chi connectivity index (χ1) is 12.3. The van der Waals surface area contributed by atoms with Crippen LogP contribution in [0, 0.1) is 6.92 Å². The number of carboxylic acids is 1. The van der Waals surface area contributed by atoms with Crippen molar-refractivity contribution in [2.45, 2.75) is 18.2 Å². The van der Waals surface area contributed by atoms with Gasteiger partial charge in [-0.15, -0.1) is 0 Å². The number of fused-ring (bicyclic) bond motifs is 1. The first kappa shape index (κ1) is 18.0. The van der Waals surface area contributed by atoms with Crippen LogP contribution in [0.15, 0.2) is 51.8 Å². The van der Waals surface area contributed by atoms with Crippen molar-refractivity contribution in [2.75, 3.05) is 6.54 Å². The van der Waals surface area contributed by atoms with Crippen LogP contribution in [0.4, 0.5) is 0 Å². The van der Waals surface area contributed by atoms with Gasteiger partial charge in [0.15, 0.2) is 0 Å². The molecule has 0 saturated heterocycles. The van der Waals surface area contributed by atoms with Crippen LogP contribution in [0.1, 0.15) is 21.7 Å². The van der Waals surface area contributed by atoms with Crippen molar-refractivity contribution in [3.63, 3.8) is 0 Å². The lowest BCUT2D eigenvalue weighted by molar-refractivity contribution is 0.0664. The number of sulfonamides is 1. The second kappa shape index (κ2) is 6.81. The van der Waals surface area contributed by atoms with Gasteiger partial charge in [0.1, 0.15) is 11.3 Å². The summed E-state index contributed by atoms with van der Waals surface area (Å²) in [6.07, 6.45) is 0.335. The van der Waals surface area contributed by atoms with E-state index in [0.717, 1.165) is 0 Å². The third-order valence-electron chi connectivity index (χ3n) is 4.09. The summed E-state index contributed by atoms with van der Waals surface area (Å²) in [4.78, 5) is 11.1. The molecule has 0 spiro atoms. The Kier molecular flexibility index (Phi) is 4.71. The maximum Gasteiger partial charge on any atom is 0.372 e. The van der Waals surface area contributed by atoms with Gasteiger partial charge >= 0.3 is 5.97 Å². The summed E-state index contributed by atoms with van der Waals surface area (Å²) in [7, 11) is -3.78. The molecule has 3 rings (SSSR count). The zero-order valence-corrected chi connectivity index (χ0v) is 14.7. The second-order valence-electron chi connectivity index (χ2n) is 5.80. The first-order valence-electron chi connectivity index (χ1n) is 7.82. The molecular formula is C18H17NO6S. The highest BCUT2D eigenvalue weighted by Gasteiger charge is 2.20. The second-order valence-corrected chi connectivity index (χ2v) is 7.56. The summed E-state index contributed by atoms with van der Waals surface area (Å²) in [6.45, 7) is 1.68. The molecular weight excluding hydrogens is 358 g/mol. The largest absolute Gasteiger partial charge is 0.508 e. The molecule has 2 aromatic carbocycles. The highest BCUT2D eigenvalue weighted by atomic mass is 32.2. The van der Waals surface area contributed by atoms with Gasteiger partial charge in [0, 0.05) is 17.5 Å². The average molecular weight is 375 g/mol. The van der Waals surface area contributed by atoms with E-state index in [0.29, 0.717) is 28.5 Å². The molecule has 8 heteroatoms. The molecule has 0 fully saturated rings. The number of hydrogen-bond acceptors (Lipinski definition) is 5. The van der Waals surface area contributed by atoms with E-state index in [4.69, 9.17) is 9.52 Å². The molecule has 0 bridgehead atoms. The van der Waals surface area contributed by atoms with Crippen molar-refractivity contribution in [1.82, 2.24) is 4.72 Å². The van der Waals surface area contributed by atoms with Crippen LogP contribution in [0.3, 0.4) is 0 Å². The van der Waals surface area contributed by atoms with Gasteiger partial charge in [0.2, 0.25) is 15.8 Å². The average Bonchev–Trinajstić information content (AvgIpc) is 2.93. The first-order valence-corrected chi connectivity index (χ1v) is 9.31. The lowest BCUT2D eigenvalue weighted by Gasteiger charge is -2.08. The molecule has 0 saturated carbocycles. The van der Waals surface area contributed by atoms with Gasteiger partial charge in [-0.3, -0.25) is 0 Å². The molecule has 7 nitrogen and oxygen atoms in total. The summed E-state index contributed by atoms with van der Waals surface area (Å²) >= 11 is 0. The van der Waals surface area contributed by atoms with E-state index >= 15 is 0 Å². The van der Waals surface area contributed by atoms with Crippen molar-refractivity contribution >= 4 is 27.0 Å². The maximum atomic E-state index is 12.5. The number of aromatic carboxylic acids is 1. The molecule has 0 radical (unpaired) electrons. The van der Waals surface area contributed by atoms with Crippen LogP contribution in [-0.4, -0.2) is 31.1 Å². The lowest BCUT2D eigenvalue weighted by atomic mass is 10.1. The standard InChI is InChI=1S/C18H17NO6S/c1-11-14-10-13(6-7-16(14)25-17(11)18(21)22)26(23,24)19-9-8-12-4-2-3-5-15(12)20/h2-7,10,19-20H,8-9H2,1H3,(H,21,22). The number of aryl methyl sites for hydroxylation is 1. The zero-order valence-electron chi connectivity index (χ0n) is 13.9. The number of furan rings is 1. The molecule has 0 amide bonds. The van der Waals surface area contributed by atoms with Crippen molar-refractivity contribution in [3.05, 3.63) is 59.4 Å². The number of carbonyl (C=O) groups is 1. The SMILES string of the molecule is Cc1c(C(=O)O)oc2ccc(S(=O)(=O)NCCc3ccccc3O)cc12. The van der Waals surface area contributed by atoms with E-state index in [1.54, 1.807) is 31.2 Å². The van der Waals surface area contributed by atoms with E-state index in [1.807, 2.05) is 0 Å². The molecule has 1 aromatic heterocycles. The smallest absolute Gasteiger partial charge is 0.372 e. The fourth-order valence-corrected chi connectivity index (χ4v) is 3.75. The third-order valence-corrected chi connectivity index (χ3v) is 5.55. The van der Waals surface area contributed by atoms with Gasteiger partial charge in [-0.1, -0.05) is 18.2 Å². The maximum absolute atomic E-state index is 12.5. The highest BCUT2D eigenvalue weighted by molar-refractivity contribution is 7.89. The minimum Gasteiger partial charge on any atom is -0.508 e. The molecule has 136 valence electrons. The molecule has 26 heavy (non-hydrogen) atoms. The molecule has 0 unspecified atom stereocenters. The summed E-state index contributed by atoms with van der Waals surface area (Å²) in [5.74, 6) is -1.30. The Hall–Kier alpha value is -2.84. The minimum atomic E-state index is -3.78. The number of rotatable bonds is 6. The third kappa shape index (κ3) is 3.42. The fraction of sp³-hybridized carbons (Fsp3) is 0.167. The molecule has 0 atom stereocenters.